The van der Waals surface area contributed by atoms with Gasteiger partial charge in [0.15, 0.2) is 0 Å². The van der Waals surface area contributed by atoms with Gasteiger partial charge in [-0.2, -0.15) is 0 Å². The maximum absolute atomic E-state index is 12.1. The van der Waals surface area contributed by atoms with Crippen molar-refractivity contribution in [3.05, 3.63) is 10.6 Å². The molecule has 17 heavy (non-hydrogen) atoms. The highest BCUT2D eigenvalue weighted by Crippen LogP contribution is 2.27. The predicted molar refractivity (Wildman–Crippen MR) is 65.1 cm³/mol. The summed E-state index contributed by atoms with van der Waals surface area (Å²) in [6.45, 7) is 5.22. The lowest BCUT2D eigenvalue weighted by atomic mass is 9.84. The molecule has 2 bridgehead atoms. The van der Waals surface area contributed by atoms with Gasteiger partial charge in [0.1, 0.15) is 4.88 Å². The van der Waals surface area contributed by atoms with Crippen LogP contribution in [0.3, 0.4) is 0 Å². The quantitative estimate of drug-likeness (QED) is 0.840. The van der Waals surface area contributed by atoms with E-state index in [0.29, 0.717) is 16.8 Å². The third-order valence-electron chi connectivity index (χ3n) is 3.83. The number of nitrogens with one attached hydrogen (secondary N) is 1. The summed E-state index contributed by atoms with van der Waals surface area (Å²) < 4.78 is 3.80. The van der Waals surface area contributed by atoms with Crippen molar-refractivity contribution in [2.24, 2.45) is 5.92 Å². The van der Waals surface area contributed by atoms with E-state index in [1.54, 1.807) is 0 Å². The number of aryl methyl sites for hydroxylation is 1. The topological polar surface area (TPSA) is 58.1 Å². The molecule has 4 rings (SSSR count). The fraction of sp³-hybridized carbons (Fsp3) is 0.727. The van der Waals surface area contributed by atoms with Crippen molar-refractivity contribution in [2.45, 2.75) is 25.8 Å². The zero-order valence-corrected chi connectivity index (χ0v) is 10.7. The minimum atomic E-state index is -0.00347. The van der Waals surface area contributed by atoms with E-state index in [1.807, 2.05) is 6.92 Å². The van der Waals surface area contributed by atoms with Crippen LogP contribution in [0.25, 0.3) is 0 Å². The first-order valence-electron chi connectivity index (χ1n) is 6.06. The lowest BCUT2D eigenvalue weighted by molar-refractivity contribution is 0.0622. The predicted octanol–water partition coefficient (Wildman–Crippen LogP) is 0.671. The summed E-state index contributed by atoms with van der Waals surface area (Å²) in [6, 6.07) is 0.312. The van der Waals surface area contributed by atoms with Crippen molar-refractivity contribution in [3.63, 3.8) is 0 Å². The van der Waals surface area contributed by atoms with E-state index in [-0.39, 0.29) is 5.91 Å². The summed E-state index contributed by atoms with van der Waals surface area (Å²) in [5.41, 5.74) is 0.730. The van der Waals surface area contributed by atoms with E-state index >= 15 is 0 Å². The van der Waals surface area contributed by atoms with Crippen molar-refractivity contribution >= 4 is 17.4 Å². The van der Waals surface area contributed by atoms with Crippen molar-refractivity contribution in [1.82, 2.24) is 19.8 Å². The Morgan fingerprint density at radius 1 is 1.47 bits per heavy atom. The minimum Gasteiger partial charge on any atom is -0.347 e. The molecule has 0 saturated carbocycles. The van der Waals surface area contributed by atoms with E-state index in [4.69, 9.17) is 0 Å². The Morgan fingerprint density at radius 3 is 2.76 bits per heavy atom. The largest absolute Gasteiger partial charge is 0.347 e. The van der Waals surface area contributed by atoms with Crippen molar-refractivity contribution < 1.29 is 4.79 Å². The highest BCUT2D eigenvalue weighted by atomic mass is 32.1. The van der Waals surface area contributed by atoms with Crippen LogP contribution in [0.1, 0.15) is 28.2 Å². The number of nitrogens with zero attached hydrogens (tertiary/aromatic N) is 3. The summed E-state index contributed by atoms with van der Waals surface area (Å²) in [7, 11) is 0. The molecule has 5 nitrogen and oxygen atoms in total. The number of carbonyl (C=O) groups is 1. The maximum atomic E-state index is 12.1. The number of aromatic nitrogens is 2. The summed E-state index contributed by atoms with van der Waals surface area (Å²) in [5, 5.41) is 7.02. The number of fused-ring (bicyclic) bond motifs is 3. The third-order valence-corrected chi connectivity index (χ3v) is 4.66. The van der Waals surface area contributed by atoms with Gasteiger partial charge in [0.25, 0.3) is 5.91 Å². The minimum absolute atomic E-state index is 0.00347. The first-order chi connectivity index (χ1) is 8.24. The number of amides is 1. The molecule has 1 amide bonds. The van der Waals surface area contributed by atoms with Crippen LogP contribution < -0.4 is 5.32 Å². The number of carbonyl (C=O) groups excluding carboxylic acids is 1. The second-order valence-electron chi connectivity index (χ2n) is 4.91. The number of piperidine rings is 3. The van der Waals surface area contributed by atoms with Gasteiger partial charge in [-0.1, -0.05) is 4.49 Å². The van der Waals surface area contributed by atoms with Crippen LogP contribution in [0.2, 0.25) is 0 Å². The third kappa shape index (κ3) is 2.07. The van der Waals surface area contributed by atoms with Gasteiger partial charge >= 0.3 is 0 Å². The summed E-state index contributed by atoms with van der Waals surface area (Å²) in [6.07, 6.45) is 2.43. The molecule has 1 aromatic heterocycles. The van der Waals surface area contributed by atoms with E-state index in [2.05, 4.69) is 19.8 Å². The van der Waals surface area contributed by atoms with Crippen molar-refractivity contribution in [3.8, 4) is 0 Å². The van der Waals surface area contributed by atoms with Crippen molar-refractivity contribution in [2.75, 3.05) is 19.6 Å². The molecule has 6 heteroatoms. The lowest BCUT2D eigenvalue weighted by Crippen LogP contribution is -2.57. The average molecular weight is 252 g/mol. The Morgan fingerprint density at radius 2 is 2.24 bits per heavy atom. The average Bonchev–Trinajstić information content (AvgIpc) is 2.77. The molecule has 0 radical (unpaired) electrons. The zero-order valence-electron chi connectivity index (χ0n) is 9.85. The Balaban J connectivity index is 1.68. The molecule has 3 aliphatic rings. The van der Waals surface area contributed by atoms with Crippen molar-refractivity contribution in [1.29, 1.82) is 0 Å². The molecule has 1 aromatic rings. The number of rotatable bonds is 2. The van der Waals surface area contributed by atoms with Crippen LogP contribution in [0, 0.1) is 12.8 Å². The first-order valence-corrected chi connectivity index (χ1v) is 6.83. The van der Waals surface area contributed by atoms with Crippen LogP contribution in [-0.2, 0) is 0 Å². The molecule has 0 aromatic carbocycles. The smallest absolute Gasteiger partial charge is 0.265 e. The van der Waals surface area contributed by atoms with Crippen LogP contribution in [0.5, 0.6) is 0 Å². The highest BCUT2D eigenvalue weighted by molar-refractivity contribution is 7.08. The van der Waals surface area contributed by atoms with E-state index < -0.39 is 0 Å². The van der Waals surface area contributed by atoms with Gasteiger partial charge in [0.05, 0.1) is 5.69 Å². The molecule has 0 spiro atoms. The molecule has 1 atom stereocenters. The number of hydrogen-bond donors (Lipinski definition) is 1. The maximum Gasteiger partial charge on any atom is 0.265 e. The van der Waals surface area contributed by atoms with E-state index in [1.165, 1.54) is 37.5 Å². The normalized spacial score (nSPS) is 31.5. The van der Waals surface area contributed by atoms with Gasteiger partial charge in [-0.05, 0) is 50.3 Å². The molecule has 3 fully saturated rings. The van der Waals surface area contributed by atoms with Crippen LogP contribution in [0.4, 0.5) is 0 Å². The molecule has 92 valence electrons. The molecular weight excluding hydrogens is 236 g/mol. The summed E-state index contributed by atoms with van der Waals surface area (Å²) in [4.78, 5) is 15.2. The monoisotopic (exact) mass is 252 g/mol. The van der Waals surface area contributed by atoms with E-state index in [9.17, 15) is 4.79 Å². The van der Waals surface area contributed by atoms with Crippen LogP contribution in [-0.4, -0.2) is 46.1 Å². The lowest BCUT2D eigenvalue weighted by Gasteiger charge is -2.44. The van der Waals surface area contributed by atoms with E-state index in [0.717, 1.165) is 12.2 Å². The van der Waals surface area contributed by atoms with Gasteiger partial charge < -0.3 is 10.2 Å². The highest BCUT2D eigenvalue weighted by Gasteiger charge is 2.35. The molecule has 3 aliphatic heterocycles. The number of hydrogen-bond acceptors (Lipinski definition) is 5. The Bertz CT molecular complexity index is 425. The standard InChI is InChI=1S/C11H16N4OS/c1-7-10(17-14-13-7)11(16)12-9-6-15-4-2-8(9)3-5-15/h8-9H,2-6H2,1H3,(H,12,16). The molecule has 1 unspecified atom stereocenters. The molecule has 0 aliphatic carbocycles. The second kappa shape index (κ2) is 4.34. The molecule has 1 N–H and O–H groups in total. The SMILES string of the molecule is Cc1nnsc1C(=O)NC1CN2CCC1CC2. The Labute approximate surface area is 104 Å². The zero-order chi connectivity index (χ0) is 11.8. The van der Waals surface area contributed by atoms with Gasteiger partial charge in [-0.25, -0.2) is 0 Å². The Hall–Kier alpha value is -1.01. The fourth-order valence-corrected chi connectivity index (χ4v) is 3.36. The molecular formula is C11H16N4OS. The molecule has 3 saturated heterocycles. The van der Waals surface area contributed by atoms with Gasteiger partial charge in [-0.15, -0.1) is 5.10 Å². The first kappa shape index (κ1) is 11.1. The fourth-order valence-electron chi connectivity index (χ4n) is 2.80. The summed E-state index contributed by atoms with van der Waals surface area (Å²) >= 11 is 1.18. The molecule has 4 heterocycles. The Kier molecular flexibility index (Phi) is 2.84. The van der Waals surface area contributed by atoms with Gasteiger partial charge in [-0.3, -0.25) is 4.79 Å². The van der Waals surface area contributed by atoms with Crippen LogP contribution in [0.15, 0.2) is 0 Å². The summed E-state index contributed by atoms with van der Waals surface area (Å²) in [5.74, 6) is 0.654. The van der Waals surface area contributed by atoms with Crippen LogP contribution >= 0.6 is 11.5 Å². The second-order valence-corrected chi connectivity index (χ2v) is 5.66. The van der Waals surface area contributed by atoms with Gasteiger partial charge in [0, 0.05) is 12.6 Å². The van der Waals surface area contributed by atoms with Gasteiger partial charge in [0.2, 0.25) is 0 Å².